The second-order valence-electron chi connectivity index (χ2n) is 5.57. The molecule has 0 amide bonds. The summed E-state index contributed by atoms with van der Waals surface area (Å²) in [6, 6.07) is 0. The van der Waals surface area contributed by atoms with Crippen molar-refractivity contribution in [2.75, 3.05) is 6.61 Å². The molecule has 4 fully saturated rings. The summed E-state index contributed by atoms with van der Waals surface area (Å²) >= 11 is 0. The minimum atomic E-state index is -0.203. The van der Waals surface area contributed by atoms with Crippen LogP contribution in [-0.4, -0.2) is 22.9 Å². The number of aliphatic hydroxyl groups is 2. The zero-order valence-corrected chi connectivity index (χ0v) is 7.95. The molecule has 0 unspecified atom stereocenters. The van der Waals surface area contributed by atoms with E-state index in [9.17, 15) is 10.2 Å². The maximum Gasteiger partial charge on any atom is 0.0646 e. The fourth-order valence-corrected chi connectivity index (χ4v) is 4.40. The Kier molecular flexibility index (Phi) is 1.58. The van der Waals surface area contributed by atoms with Gasteiger partial charge in [0.2, 0.25) is 0 Å². The molecule has 4 aliphatic rings. The van der Waals surface area contributed by atoms with Crippen LogP contribution in [0.15, 0.2) is 0 Å². The standard InChI is InChI=1S/C11H18O2/c12-6-11-4-7-1-8(5-11)3-9(2-7)10(11)13/h7-10,12-13H,1-6H2/t7-,8-,9?,10-,11?/m0/s1. The molecular formula is C11H18O2. The van der Waals surface area contributed by atoms with Crippen molar-refractivity contribution in [1.82, 2.24) is 0 Å². The van der Waals surface area contributed by atoms with Crippen LogP contribution in [0.3, 0.4) is 0 Å². The molecule has 0 aromatic carbocycles. The van der Waals surface area contributed by atoms with Crippen LogP contribution in [0.25, 0.3) is 0 Å². The highest BCUT2D eigenvalue weighted by molar-refractivity contribution is 5.06. The molecule has 0 spiro atoms. The molecule has 0 aromatic rings. The molecule has 0 saturated heterocycles. The van der Waals surface area contributed by atoms with Gasteiger partial charge in [0, 0.05) is 5.41 Å². The van der Waals surface area contributed by atoms with Gasteiger partial charge in [-0.1, -0.05) is 0 Å². The molecule has 0 aromatic heterocycles. The van der Waals surface area contributed by atoms with Crippen LogP contribution in [0.2, 0.25) is 0 Å². The van der Waals surface area contributed by atoms with E-state index >= 15 is 0 Å². The smallest absolute Gasteiger partial charge is 0.0646 e. The predicted octanol–water partition coefficient (Wildman–Crippen LogP) is 1.17. The Hall–Kier alpha value is -0.0800. The molecule has 74 valence electrons. The Morgan fingerprint density at radius 1 is 1.08 bits per heavy atom. The van der Waals surface area contributed by atoms with Gasteiger partial charge < -0.3 is 10.2 Å². The fraction of sp³-hybridized carbons (Fsp3) is 1.00. The van der Waals surface area contributed by atoms with E-state index in [4.69, 9.17) is 0 Å². The van der Waals surface area contributed by atoms with Crippen LogP contribution < -0.4 is 0 Å². The van der Waals surface area contributed by atoms with Gasteiger partial charge in [0.1, 0.15) is 0 Å². The highest BCUT2D eigenvalue weighted by Crippen LogP contribution is 2.59. The summed E-state index contributed by atoms with van der Waals surface area (Å²) in [5, 5.41) is 19.6. The highest BCUT2D eigenvalue weighted by atomic mass is 16.3. The molecular weight excluding hydrogens is 164 g/mol. The van der Waals surface area contributed by atoms with Gasteiger partial charge in [0.15, 0.2) is 0 Å². The quantitative estimate of drug-likeness (QED) is 0.639. The molecule has 4 bridgehead atoms. The summed E-state index contributed by atoms with van der Waals surface area (Å²) in [4.78, 5) is 0. The van der Waals surface area contributed by atoms with Gasteiger partial charge in [-0.25, -0.2) is 0 Å². The lowest BCUT2D eigenvalue weighted by atomic mass is 9.48. The molecule has 2 N–H and O–H groups in total. The van der Waals surface area contributed by atoms with E-state index in [1.165, 1.54) is 19.3 Å². The van der Waals surface area contributed by atoms with Crippen molar-refractivity contribution >= 4 is 0 Å². The topological polar surface area (TPSA) is 40.5 Å². The normalized spacial score (nSPS) is 58.6. The van der Waals surface area contributed by atoms with E-state index in [1.54, 1.807) is 0 Å². The monoisotopic (exact) mass is 182 g/mol. The summed E-state index contributed by atoms with van der Waals surface area (Å²) < 4.78 is 0. The molecule has 0 radical (unpaired) electrons. The van der Waals surface area contributed by atoms with E-state index in [0.717, 1.165) is 24.7 Å². The van der Waals surface area contributed by atoms with Crippen molar-refractivity contribution in [1.29, 1.82) is 0 Å². The molecule has 0 aliphatic heterocycles. The number of aliphatic hydroxyl groups excluding tert-OH is 2. The van der Waals surface area contributed by atoms with E-state index in [2.05, 4.69) is 0 Å². The van der Waals surface area contributed by atoms with Crippen molar-refractivity contribution in [2.45, 2.75) is 38.2 Å². The van der Waals surface area contributed by atoms with Crippen molar-refractivity contribution in [3.05, 3.63) is 0 Å². The van der Waals surface area contributed by atoms with Crippen molar-refractivity contribution < 1.29 is 10.2 Å². The van der Waals surface area contributed by atoms with Crippen molar-refractivity contribution in [3.8, 4) is 0 Å². The number of hydrogen-bond donors (Lipinski definition) is 2. The lowest BCUT2D eigenvalue weighted by Crippen LogP contribution is -2.57. The second-order valence-corrected chi connectivity index (χ2v) is 5.57. The van der Waals surface area contributed by atoms with Crippen LogP contribution >= 0.6 is 0 Å². The lowest BCUT2D eigenvalue weighted by Gasteiger charge is -2.59. The Bertz CT molecular complexity index is 212. The SMILES string of the molecule is OCC12C[C@@H]3CC(C[C@H](C3)C1)[C@@H]2O. The average Bonchev–Trinajstić information content (AvgIpc) is 2.12. The maximum absolute atomic E-state index is 10.1. The van der Waals surface area contributed by atoms with Gasteiger partial charge in [-0.3, -0.25) is 0 Å². The van der Waals surface area contributed by atoms with Gasteiger partial charge in [-0.05, 0) is 49.9 Å². The fourth-order valence-electron chi connectivity index (χ4n) is 4.40. The van der Waals surface area contributed by atoms with Crippen molar-refractivity contribution in [3.63, 3.8) is 0 Å². The van der Waals surface area contributed by atoms with E-state index < -0.39 is 0 Å². The van der Waals surface area contributed by atoms with Gasteiger partial charge in [-0.15, -0.1) is 0 Å². The molecule has 4 aliphatic carbocycles. The minimum absolute atomic E-state index is 0.0885. The van der Waals surface area contributed by atoms with Crippen LogP contribution in [0.1, 0.15) is 32.1 Å². The zero-order valence-electron chi connectivity index (χ0n) is 7.95. The van der Waals surface area contributed by atoms with Crippen LogP contribution in [0.5, 0.6) is 0 Å². The van der Waals surface area contributed by atoms with Gasteiger partial charge in [0.25, 0.3) is 0 Å². The van der Waals surface area contributed by atoms with Crippen LogP contribution in [-0.2, 0) is 0 Å². The first-order valence-electron chi connectivity index (χ1n) is 5.52. The maximum atomic E-state index is 10.1. The average molecular weight is 182 g/mol. The third kappa shape index (κ3) is 0.962. The Labute approximate surface area is 79.0 Å². The van der Waals surface area contributed by atoms with E-state index in [-0.39, 0.29) is 18.1 Å². The first-order valence-corrected chi connectivity index (χ1v) is 5.52. The second kappa shape index (κ2) is 2.48. The highest BCUT2D eigenvalue weighted by Gasteiger charge is 2.56. The zero-order chi connectivity index (χ0) is 9.05. The molecule has 4 saturated carbocycles. The molecule has 2 nitrogen and oxygen atoms in total. The molecule has 0 heterocycles. The summed E-state index contributed by atoms with van der Waals surface area (Å²) in [6.07, 6.45) is 5.77. The lowest BCUT2D eigenvalue weighted by molar-refractivity contribution is -0.171. The van der Waals surface area contributed by atoms with Crippen LogP contribution in [0.4, 0.5) is 0 Å². The summed E-state index contributed by atoms with van der Waals surface area (Å²) in [5.74, 6) is 2.14. The van der Waals surface area contributed by atoms with Crippen molar-refractivity contribution in [2.24, 2.45) is 23.2 Å². The molecule has 4 rings (SSSR count). The van der Waals surface area contributed by atoms with Crippen LogP contribution in [0, 0.1) is 23.2 Å². The molecule has 13 heavy (non-hydrogen) atoms. The Balaban J connectivity index is 1.95. The number of rotatable bonds is 1. The molecule has 2 heteroatoms. The number of hydrogen-bond acceptors (Lipinski definition) is 2. The largest absolute Gasteiger partial charge is 0.396 e. The molecule has 3 atom stereocenters. The summed E-state index contributed by atoms with van der Waals surface area (Å²) in [6.45, 7) is 0.206. The van der Waals surface area contributed by atoms with Gasteiger partial charge >= 0.3 is 0 Å². The predicted molar refractivity (Wildman–Crippen MR) is 49.1 cm³/mol. The first-order chi connectivity index (χ1) is 6.23. The van der Waals surface area contributed by atoms with E-state index in [0.29, 0.717) is 5.92 Å². The first kappa shape index (κ1) is 8.25. The van der Waals surface area contributed by atoms with E-state index in [1.807, 2.05) is 0 Å². The third-order valence-electron chi connectivity index (χ3n) is 4.72. The Morgan fingerprint density at radius 3 is 2.23 bits per heavy atom. The third-order valence-corrected chi connectivity index (χ3v) is 4.72. The minimum Gasteiger partial charge on any atom is -0.396 e. The Morgan fingerprint density at radius 2 is 1.69 bits per heavy atom. The summed E-state index contributed by atoms with van der Waals surface area (Å²) in [7, 11) is 0. The summed E-state index contributed by atoms with van der Waals surface area (Å²) in [5.41, 5.74) is -0.0885. The van der Waals surface area contributed by atoms with Gasteiger partial charge in [-0.2, -0.15) is 0 Å². The van der Waals surface area contributed by atoms with Gasteiger partial charge in [0.05, 0.1) is 12.7 Å².